The molecule has 0 radical (unpaired) electrons. The smallest absolute Gasteiger partial charge is 0.249 e. The molecule has 0 fully saturated rings. The molecule has 2 rings (SSSR count). The Balaban J connectivity index is 2.49. The summed E-state index contributed by atoms with van der Waals surface area (Å²) in [4.78, 5) is 11.0. The molecule has 1 atom stereocenters. The Morgan fingerprint density at radius 1 is 1.00 bits per heavy atom. The first-order valence-corrected chi connectivity index (χ1v) is 7.14. The number of primary amides is 1. The van der Waals surface area contributed by atoms with E-state index in [2.05, 4.69) is 0 Å². The largest absolute Gasteiger partial charge is 0.366 e. The fraction of sp³-hybridized carbons (Fsp3) is 0.0667. The second kappa shape index (κ2) is 6.31. The van der Waals surface area contributed by atoms with Crippen LogP contribution in [0.2, 0.25) is 0 Å². The van der Waals surface area contributed by atoms with Crippen LogP contribution in [0.1, 0.15) is 16.4 Å². The number of hydrogen-bond donors (Lipinski definition) is 2. The molecule has 0 aliphatic rings. The molecule has 3 nitrogen and oxygen atoms in total. The van der Waals surface area contributed by atoms with Gasteiger partial charge in [0.05, 0.1) is 10.6 Å². The van der Waals surface area contributed by atoms with Gasteiger partial charge in [-0.2, -0.15) is 0 Å². The molecule has 19 heavy (non-hydrogen) atoms. The zero-order valence-corrected chi connectivity index (χ0v) is 11.1. The molecule has 0 aliphatic carbocycles. The van der Waals surface area contributed by atoms with Crippen molar-refractivity contribution in [2.45, 2.75) is 5.25 Å². The van der Waals surface area contributed by atoms with Crippen LogP contribution in [0.4, 0.5) is 0 Å². The minimum atomic E-state index is -1.24. The molecular formula is C15H15NO2S. The van der Waals surface area contributed by atoms with Crippen LogP contribution < -0.4 is 5.73 Å². The predicted molar refractivity (Wildman–Crippen MR) is 80.2 cm³/mol. The van der Waals surface area contributed by atoms with Crippen molar-refractivity contribution in [2.24, 2.45) is 5.73 Å². The van der Waals surface area contributed by atoms with E-state index in [1.54, 1.807) is 0 Å². The third-order valence-electron chi connectivity index (χ3n) is 2.68. The van der Waals surface area contributed by atoms with Gasteiger partial charge in [-0.1, -0.05) is 60.7 Å². The van der Waals surface area contributed by atoms with Crippen LogP contribution in [0.5, 0.6) is 0 Å². The van der Waals surface area contributed by atoms with Crippen molar-refractivity contribution >= 4 is 22.0 Å². The highest BCUT2D eigenvalue weighted by Crippen LogP contribution is 2.37. The Labute approximate surface area is 114 Å². The quantitative estimate of drug-likeness (QED) is 0.841. The van der Waals surface area contributed by atoms with Gasteiger partial charge in [-0.25, -0.2) is 0 Å². The van der Waals surface area contributed by atoms with E-state index in [1.165, 1.54) is 5.37 Å². The summed E-state index contributed by atoms with van der Waals surface area (Å²) >= 11 is 0. The van der Waals surface area contributed by atoms with Crippen LogP contribution in [0.3, 0.4) is 0 Å². The third-order valence-corrected chi connectivity index (χ3v) is 4.18. The zero-order valence-electron chi connectivity index (χ0n) is 10.3. The number of rotatable bonds is 4. The lowest BCUT2D eigenvalue weighted by Gasteiger charge is -2.18. The molecule has 2 aromatic carbocycles. The summed E-state index contributed by atoms with van der Waals surface area (Å²) < 4.78 is 10.3. The normalized spacial score (nSPS) is 12.5. The molecule has 3 N–H and O–H groups in total. The van der Waals surface area contributed by atoms with E-state index < -0.39 is 16.7 Å². The van der Waals surface area contributed by atoms with Crippen molar-refractivity contribution in [1.29, 1.82) is 0 Å². The van der Waals surface area contributed by atoms with Gasteiger partial charge in [0.1, 0.15) is 0 Å². The summed E-state index contributed by atoms with van der Waals surface area (Å²) in [7, 11) is -1.24. The van der Waals surface area contributed by atoms with Gasteiger partial charge in [0.25, 0.3) is 0 Å². The van der Waals surface area contributed by atoms with E-state index in [4.69, 9.17) is 5.73 Å². The number of carbonyl (C=O) groups excluding carboxylic acids is 1. The highest BCUT2D eigenvalue weighted by atomic mass is 32.2. The molecule has 0 bridgehead atoms. The molecule has 1 unspecified atom stereocenters. The molecule has 4 heteroatoms. The average molecular weight is 273 g/mol. The zero-order chi connectivity index (χ0) is 13.7. The Kier molecular flexibility index (Phi) is 4.49. The average Bonchev–Trinajstić information content (AvgIpc) is 2.40. The summed E-state index contributed by atoms with van der Waals surface area (Å²) in [5, 5.41) is 0.903. The van der Waals surface area contributed by atoms with Crippen molar-refractivity contribution in [3.8, 4) is 0 Å². The van der Waals surface area contributed by atoms with Crippen molar-refractivity contribution in [2.75, 3.05) is 0 Å². The van der Waals surface area contributed by atoms with E-state index in [0.717, 1.165) is 11.1 Å². The number of hydrogen-bond acceptors (Lipinski definition) is 2. The summed E-state index contributed by atoms with van der Waals surface area (Å²) in [5.74, 6) is -0.609. The van der Waals surface area contributed by atoms with E-state index in [-0.39, 0.29) is 5.25 Å². The van der Waals surface area contributed by atoms with E-state index in [1.807, 2.05) is 60.7 Å². The summed E-state index contributed by atoms with van der Waals surface area (Å²) in [5.41, 5.74) is 7.05. The maximum atomic E-state index is 11.0. The number of amides is 1. The summed E-state index contributed by atoms with van der Waals surface area (Å²) in [6.07, 6.45) is 0. The fourth-order valence-electron chi connectivity index (χ4n) is 1.91. The minimum absolute atomic E-state index is 0.269. The Morgan fingerprint density at radius 2 is 1.42 bits per heavy atom. The molecule has 0 saturated heterocycles. The van der Waals surface area contributed by atoms with Crippen LogP contribution in [0, 0.1) is 0 Å². The number of carbonyl (C=O) groups is 1. The van der Waals surface area contributed by atoms with Gasteiger partial charge in [0, 0.05) is 0 Å². The lowest BCUT2D eigenvalue weighted by atomic mass is 10.0. The van der Waals surface area contributed by atoms with Gasteiger partial charge < -0.3 is 10.3 Å². The van der Waals surface area contributed by atoms with Gasteiger partial charge >= 0.3 is 0 Å². The molecule has 0 spiro atoms. The SMILES string of the molecule is NC(=O)C=S(O)C(c1ccccc1)c1ccccc1. The lowest BCUT2D eigenvalue weighted by Crippen LogP contribution is -2.13. The topological polar surface area (TPSA) is 63.3 Å². The van der Waals surface area contributed by atoms with Gasteiger partial charge in [0.2, 0.25) is 5.91 Å². The molecule has 1 amide bonds. The third kappa shape index (κ3) is 3.53. The van der Waals surface area contributed by atoms with Crippen molar-refractivity contribution in [1.82, 2.24) is 0 Å². The van der Waals surface area contributed by atoms with Crippen LogP contribution >= 0.6 is 10.8 Å². The van der Waals surface area contributed by atoms with Gasteiger partial charge in [-0.05, 0) is 21.9 Å². The molecule has 98 valence electrons. The van der Waals surface area contributed by atoms with E-state index >= 15 is 0 Å². The highest BCUT2D eigenvalue weighted by Gasteiger charge is 2.17. The second-order valence-corrected chi connectivity index (χ2v) is 5.47. The van der Waals surface area contributed by atoms with Crippen LogP contribution in [-0.2, 0) is 4.79 Å². The van der Waals surface area contributed by atoms with E-state index in [9.17, 15) is 9.35 Å². The van der Waals surface area contributed by atoms with Crippen molar-refractivity contribution in [3.63, 3.8) is 0 Å². The van der Waals surface area contributed by atoms with Crippen molar-refractivity contribution in [3.05, 3.63) is 71.8 Å². The van der Waals surface area contributed by atoms with Crippen molar-refractivity contribution < 1.29 is 9.35 Å². The molecule has 2 aromatic rings. The van der Waals surface area contributed by atoms with E-state index in [0.29, 0.717) is 0 Å². The summed E-state index contributed by atoms with van der Waals surface area (Å²) in [6, 6.07) is 19.2. The van der Waals surface area contributed by atoms with Crippen LogP contribution in [0.25, 0.3) is 0 Å². The summed E-state index contributed by atoms with van der Waals surface area (Å²) in [6.45, 7) is 0. The Hall–Kier alpha value is -1.91. The highest BCUT2D eigenvalue weighted by molar-refractivity contribution is 8.11. The number of nitrogens with two attached hydrogens (primary N) is 1. The maximum absolute atomic E-state index is 11.0. The molecule has 0 aromatic heterocycles. The fourth-order valence-corrected chi connectivity index (χ4v) is 3.16. The van der Waals surface area contributed by atoms with Crippen LogP contribution in [0.15, 0.2) is 60.7 Å². The monoisotopic (exact) mass is 273 g/mol. The van der Waals surface area contributed by atoms with Crippen LogP contribution in [-0.4, -0.2) is 15.8 Å². The molecular weight excluding hydrogens is 258 g/mol. The standard InChI is InChI=1S/C15H15NO2S/c16-14(17)11-19(18)15(12-7-3-1-4-8-12)13-9-5-2-6-10-13/h1-11,15,18H,(H2,16,17). The Morgan fingerprint density at radius 3 is 1.79 bits per heavy atom. The second-order valence-electron chi connectivity index (χ2n) is 4.07. The minimum Gasteiger partial charge on any atom is -0.366 e. The number of benzene rings is 2. The first-order valence-electron chi connectivity index (χ1n) is 5.83. The molecule has 0 heterocycles. The first kappa shape index (κ1) is 13.5. The maximum Gasteiger partial charge on any atom is 0.249 e. The molecule has 0 aliphatic heterocycles. The first-order chi connectivity index (χ1) is 9.18. The Bertz CT molecular complexity index is 542. The molecule has 0 saturated carbocycles. The lowest BCUT2D eigenvalue weighted by molar-refractivity contribution is -0.111. The van der Waals surface area contributed by atoms with Gasteiger partial charge in [0.15, 0.2) is 0 Å². The predicted octanol–water partition coefficient (Wildman–Crippen LogP) is 2.81. The van der Waals surface area contributed by atoms with Gasteiger partial charge in [-0.15, -0.1) is 0 Å². The van der Waals surface area contributed by atoms with Gasteiger partial charge in [-0.3, -0.25) is 4.79 Å².